The number of piperidine rings is 1. The van der Waals surface area contributed by atoms with E-state index in [9.17, 15) is 4.79 Å². The average molecular weight is 351 g/mol. The average Bonchev–Trinajstić information content (AvgIpc) is 3.31. The lowest BCUT2D eigenvalue weighted by atomic mass is 9.97. The number of aryl methyl sites for hydroxylation is 2. The summed E-state index contributed by atoms with van der Waals surface area (Å²) in [5.74, 6) is 1.29. The molecule has 0 spiro atoms. The topological polar surface area (TPSA) is 56.8 Å². The molecular formula is C20H25N5O. The second-order valence-electron chi connectivity index (χ2n) is 6.88. The molecule has 1 aliphatic heterocycles. The molecule has 6 nitrogen and oxygen atoms in total. The Kier molecular flexibility index (Phi) is 5.02. The summed E-state index contributed by atoms with van der Waals surface area (Å²) in [5.41, 5.74) is 1.13. The van der Waals surface area contributed by atoms with Crippen molar-refractivity contribution in [2.75, 3.05) is 13.1 Å². The van der Waals surface area contributed by atoms with E-state index in [1.54, 1.807) is 4.68 Å². The molecule has 1 aliphatic rings. The van der Waals surface area contributed by atoms with Crippen LogP contribution in [0.15, 0.2) is 59.7 Å². The van der Waals surface area contributed by atoms with Gasteiger partial charge in [0.1, 0.15) is 5.82 Å². The predicted octanol–water partition coefficient (Wildman–Crippen LogP) is 2.06. The molecule has 136 valence electrons. The molecule has 26 heavy (non-hydrogen) atoms. The zero-order valence-corrected chi connectivity index (χ0v) is 14.9. The van der Waals surface area contributed by atoms with Crippen molar-refractivity contribution in [2.45, 2.75) is 38.4 Å². The van der Waals surface area contributed by atoms with Crippen molar-refractivity contribution in [3.05, 3.63) is 76.7 Å². The number of nitrogens with zero attached hydrogens (tertiary/aromatic N) is 4. The molecule has 1 aromatic carbocycles. The number of hydrogen-bond acceptors (Lipinski definition) is 3. The molecule has 4 rings (SSSR count). The smallest absolute Gasteiger partial charge is 0.346 e. The van der Waals surface area contributed by atoms with Crippen molar-refractivity contribution in [3.8, 4) is 0 Å². The van der Waals surface area contributed by atoms with Gasteiger partial charge in [0, 0.05) is 24.9 Å². The van der Waals surface area contributed by atoms with Crippen molar-refractivity contribution in [1.82, 2.24) is 24.2 Å². The van der Waals surface area contributed by atoms with Crippen LogP contribution in [0.5, 0.6) is 0 Å². The van der Waals surface area contributed by atoms with Gasteiger partial charge < -0.3 is 9.88 Å². The molecule has 2 aromatic heterocycles. The van der Waals surface area contributed by atoms with E-state index in [0.717, 1.165) is 43.9 Å². The monoisotopic (exact) mass is 351 g/mol. The summed E-state index contributed by atoms with van der Waals surface area (Å²) in [6.07, 6.45) is 6.09. The van der Waals surface area contributed by atoms with Crippen LogP contribution in [-0.4, -0.2) is 32.0 Å². The predicted molar refractivity (Wildman–Crippen MR) is 101 cm³/mol. The summed E-state index contributed by atoms with van der Waals surface area (Å²) in [5, 5.41) is 8.15. The Hall–Kier alpha value is -2.60. The molecule has 0 radical (unpaired) electrons. The maximum Gasteiger partial charge on any atom is 0.346 e. The normalized spacial score (nSPS) is 15.4. The van der Waals surface area contributed by atoms with Gasteiger partial charge in [-0.25, -0.2) is 9.48 Å². The van der Waals surface area contributed by atoms with Gasteiger partial charge in [0.2, 0.25) is 0 Å². The third-order valence-corrected chi connectivity index (χ3v) is 5.08. The minimum Gasteiger partial charge on any atom is -0.352 e. The molecule has 3 heterocycles. The molecule has 1 saturated heterocycles. The zero-order chi connectivity index (χ0) is 17.8. The van der Waals surface area contributed by atoms with Gasteiger partial charge in [-0.3, -0.25) is 4.57 Å². The van der Waals surface area contributed by atoms with Crippen molar-refractivity contribution in [3.63, 3.8) is 0 Å². The van der Waals surface area contributed by atoms with Crippen LogP contribution in [-0.2, 0) is 19.6 Å². The third kappa shape index (κ3) is 3.65. The van der Waals surface area contributed by atoms with Crippen molar-refractivity contribution in [2.24, 2.45) is 0 Å². The van der Waals surface area contributed by atoms with Gasteiger partial charge >= 0.3 is 5.69 Å². The fraction of sp³-hybridized carbons (Fsp3) is 0.400. The molecule has 0 atom stereocenters. The molecule has 1 fully saturated rings. The number of aromatic nitrogens is 4. The van der Waals surface area contributed by atoms with Gasteiger partial charge in [0.15, 0.2) is 0 Å². The maximum absolute atomic E-state index is 13.0. The Morgan fingerprint density at radius 1 is 1.00 bits per heavy atom. The molecule has 3 aromatic rings. The maximum atomic E-state index is 13.0. The highest BCUT2D eigenvalue weighted by molar-refractivity contribution is 5.16. The van der Waals surface area contributed by atoms with Crippen molar-refractivity contribution < 1.29 is 0 Å². The van der Waals surface area contributed by atoms with Gasteiger partial charge in [-0.1, -0.05) is 30.3 Å². The Morgan fingerprint density at radius 2 is 1.73 bits per heavy atom. The summed E-state index contributed by atoms with van der Waals surface area (Å²) in [6, 6.07) is 14.2. The van der Waals surface area contributed by atoms with Crippen LogP contribution >= 0.6 is 0 Å². The van der Waals surface area contributed by atoms with Crippen LogP contribution in [0, 0.1) is 0 Å². The summed E-state index contributed by atoms with van der Waals surface area (Å²) in [4.78, 5) is 13.0. The van der Waals surface area contributed by atoms with Crippen LogP contribution in [0.3, 0.4) is 0 Å². The summed E-state index contributed by atoms with van der Waals surface area (Å²) in [7, 11) is 0. The molecule has 0 bridgehead atoms. The highest BCUT2D eigenvalue weighted by Crippen LogP contribution is 2.23. The van der Waals surface area contributed by atoms with E-state index < -0.39 is 0 Å². The quantitative estimate of drug-likeness (QED) is 0.740. The Labute approximate surface area is 153 Å². The van der Waals surface area contributed by atoms with E-state index in [0.29, 0.717) is 19.0 Å². The number of hydrogen-bond donors (Lipinski definition) is 1. The Bertz CT molecular complexity index is 873. The van der Waals surface area contributed by atoms with Crippen LogP contribution < -0.4 is 11.0 Å². The molecule has 0 aliphatic carbocycles. The third-order valence-electron chi connectivity index (χ3n) is 5.08. The number of benzene rings is 1. The van der Waals surface area contributed by atoms with E-state index in [-0.39, 0.29) is 5.69 Å². The number of rotatable bonds is 6. The first-order chi connectivity index (χ1) is 12.8. The van der Waals surface area contributed by atoms with E-state index in [4.69, 9.17) is 5.10 Å². The highest BCUT2D eigenvalue weighted by atomic mass is 16.2. The van der Waals surface area contributed by atoms with Gasteiger partial charge in [-0.05, 0) is 43.6 Å². The minimum absolute atomic E-state index is 0.00505. The largest absolute Gasteiger partial charge is 0.352 e. The lowest BCUT2D eigenvalue weighted by Gasteiger charge is -2.22. The zero-order valence-electron chi connectivity index (χ0n) is 14.9. The van der Waals surface area contributed by atoms with Gasteiger partial charge in [-0.15, -0.1) is 0 Å². The second kappa shape index (κ2) is 7.74. The molecular weight excluding hydrogens is 326 g/mol. The first-order valence-corrected chi connectivity index (χ1v) is 9.34. The summed E-state index contributed by atoms with van der Waals surface area (Å²) < 4.78 is 5.59. The minimum atomic E-state index is -0.00505. The fourth-order valence-electron chi connectivity index (χ4n) is 3.63. The first kappa shape index (κ1) is 16.8. The Morgan fingerprint density at radius 3 is 2.46 bits per heavy atom. The van der Waals surface area contributed by atoms with Gasteiger partial charge in [-0.2, -0.15) is 5.10 Å². The molecule has 0 saturated carbocycles. The molecule has 6 heteroatoms. The van der Waals surface area contributed by atoms with E-state index in [1.807, 2.05) is 47.3 Å². The van der Waals surface area contributed by atoms with Crippen LogP contribution in [0.2, 0.25) is 0 Å². The first-order valence-electron chi connectivity index (χ1n) is 9.34. The summed E-state index contributed by atoms with van der Waals surface area (Å²) in [6.45, 7) is 3.90. The lowest BCUT2D eigenvalue weighted by Crippen LogP contribution is -2.30. The van der Waals surface area contributed by atoms with Crippen LogP contribution in [0.25, 0.3) is 0 Å². The van der Waals surface area contributed by atoms with Gasteiger partial charge in [0.05, 0.1) is 13.1 Å². The van der Waals surface area contributed by atoms with E-state index >= 15 is 0 Å². The number of nitrogens with one attached hydrogen (secondary N) is 1. The van der Waals surface area contributed by atoms with E-state index in [1.165, 1.54) is 0 Å². The van der Waals surface area contributed by atoms with Crippen molar-refractivity contribution in [1.29, 1.82) is 0 Å². The fourth-order valence-corrected chi connectivity index (χ4v) is 3.63. The lowest BCUT2D eigenvalue weighted by molar-refractivity contribution is 0.429. The van der Waals surface area contributed by atoms with Crippen LogP contribution in [0.1, 0.15) is 30.1 Å². The molecule has 0 amide bonds. The highest BCUT2D eigenvalue weighted by Gasteiger charge is 2.24. The van der Waals surface area contributed by atoms with Crippen molar-refractivity contribution >= 4 is 0 Å². The van der Waals surface area contributed by atoms with Crippen LogP contribution in [0.4, 0.5) is 0 Å². The SMILES string of the molecule is O=c1n(CCn2cccc2)nc(C2CCNCC2)n1Cc1ccccc1. The molecule has 0 unspecified atom stereocenters. The standard InChI is InChI=1S/C20H25N5O/c26-20-24(16-17-6-2-1-3-7-17)19(18-8-10-21-11-9-18)22-25(20)15-14-23-12-4-5-13-23/h1-7,12-13,18,21H,8-11,14-16H2. The van der Waals surface area contributed by atoms with Gasteiger partial charge in [0.25, 0.3) is 0 Å². The molecule has 1 N–H and O–H groups in total. The summed E-state index contributed by atoms with van der Waals surface area (Å²) >= 11 is 0. The van der Waals surface area contributed by atoms with E-state index in [2.05, 4.69) is 22.0 Å². The second-order valence-corrected chi connectivity index (χ2v) is 6.88. The Balaban J connectivity index is 1.63.